The Kier molecular flexibility index (Phi) is 5.99. The first kappa shape index (κ1) is 21.1. The zero-order valence-corrected chi connectivity index (χ0v) is 19.1. The molecule has 0 fully saturated rings. The lowest BCUT2D eigenvalue weighted by atomic mass is 10.2. The molecule has 0 aliphatic rings. The van der Waals surface area contributed by atoms with Gasteiger partial charge in [0.05, 0.1) is 25.6 Å². The molecule has 0 N–H and O–H groups in total. The van der Waals surface area contributed by atoms with E-state index in [0.29, 0.717) is 18.2 Å². The molecule has 8 heteroatoms. The number of methoxy groups -OCH3 is 1. The van der Waals surface area contributed by atoms with Gasteiger partial charge in [-0.25, -0.2) is 4.98 Å². The minimum atomic E-state index is 0.516. The maximum atomic E-state index is 5.91. The third-order valence-electron chi connectivity index (χ3n) is 5.19. The Balaban J connectivity index is 1.43. The van der Waals surface area contributed by atoms with Crippen LogP contribution in [0.4, 0.5) is 0 Å². The number of ether oxygens (including phenoxy) is 1. The van der Waals surface area contributed by atoms with Crippen LogP contribution in [-0.4, -0.2) is 26.9 Å². The van der Waals surface area contributed by atoms with Crippen LogP contribution in [0, 0.1) is 6.92 Å². The molecule has 166 valence electrons. The largest absolute Gasteiger partial charge is 0.497 e. The summed E-state index contributed by atoms with van der Waals surface area (Å²) in [7, 11) is 1.65. The number of hydrogen-bond acceptors (Lipinski definition) is 7. The van der Waals surface area contributed by atoms with Crippen LogP contribution in [0.1, 0.15) is 17.2 Å². The molecule has 0 bridgehead atoms. The Morgan fingerprint density at radius 2 is 1.82 bits per heavy atom. The van der Waals surface area contributed by atoms with Crippen molar-refractivity contribution >= 4 is 11.8 Å². The summed E-state index contributed by atoms with van der Waals surface area (Å²) in [6.45, 7) is 2.45. The van der Waals surface area contributed by atoms with E-state index in [9.17, 15) is 0 Å². The van der Waals surface area contributed by atoms with Crippen molar-refractivity contribution in [3.63, 3.8) is 0 Å². The van der Waals surface area contributed by atoms with E-state index in [1.807, 2.05) is 78.2 Å². The number of nitrogens with zero attached hydrogens (tertiary/aromatic N) is 4. The molecule has 7 nitrogen and oxygen atoms in total. The van der Waals surface area contributed by atoms with E-state index in [-0.39, 0.29) is 0 Å². The molecule has 0 amide bonds. The van der Waals surface area contributed by atoms with E-state index in [1.54, 1.807) is 25.1 Å². The Labute approximate surface area is 195 Å². The number of rotatable bonds is 8. The van der Waals surface area contributed by atoms with Gasteiger partial charge < -0.3 is 13.6 Å². The summed E-state index contributed by atoms with van der Waals surface area (Å²) in [5, 5.41) is 9.73. The highest BCUT2D eigenvalue weighted by Gasteiger charge is 2.18. The van der Waals surface area contributed by atoms with Crippen molar-refractivity contribution in [2.45, 2.75) is 24.4 Å². The van der Waals surface area contributed by atoms with Gasteiger partial charge in [-0.05, 0) is 43.3 Å². The summed E-state index contributed by atoms with van der Waals surface area (Å²) in [5.74, 6) is 4.36. The van der Waals surface area contributed by atoms with Crippen LogP contribution in [-0.2, 0) is 12.3 Å². The third kappa shape index (κ3) is 4.56. The van der Waals surface area contributed by atoms with Crippen LogP contribution in [0.2, 0.25) is 0 Å². The molecule has 2 aromatic carbocycles. The van der Waals surface area contributed by atoms with Gasteiger partial charge in [-0.3, -0.25) is 4.57 Å². The quantitative estimate of drug-likeness (QED) is 0.270. The van der Waals surface area contributed by atoms with Gasteiger partial charge in [-0.15, -0.1) is 10.2 Å². The lowest BCUT2D eigenvalue weighted by Crippen LogP contribution is -2.04. The fraction of sp³-hybridized carbons (Fsp3) is 0.160. The molecule has 5 aromatic rings. The first-order chi connectivity index (χ1) is 16.2. The number of benzene rings is 2. The highest BCUT2D eigenvalue weighted by molar-refractivity contribution is 7.98. The number of furan rings is 1. The van der Waals surface area contributed by atoms with Gasteiger partial charge in [-0.2, -0.15) is 0 Å². The van der Waals surface area contributed by atoms with Crippen molar-refractivity contribution in [1.82, 2.24) is 19.7 Å². The molecule has 0 unspecified atom stereocenters. The molecule has 0 saturated carbocycles. The van der Waals surface area contributed by atoms with E-state index < -0.39 is 0 Å². The van der Waals surface area contributed by atoms with Crippen LogP contribution in [0.3, 0.4) is 0 Å². The third-order valence-corrected chi connectivity index (χ3v) is 6.17. The van der Waals surface area contributed by atoms with Crippen LogP contribution >= 0.6 is 11.8 Å². The summed E-state index contributed by atoms with van der Waals surface area (Å²) in [6, 6.07) is 21.5. The van der Waals surface area contributed by atoms with Crippen molar-refractivity contribution in [1.29, 1.82) is 0 Å². The monoisotopic (exact) mass is 458 g/mol. The van der Waals surface area contributed by atoms with Gasteiger partial charge >= 0.3 is 0 Å². The summed E-state index contributed by atoms with van der Waals surface area (Å²) in [4.78, 5) is 4.71. The molecular weight excluding hydrogens is 436 g/mol. The van der Waals surface area contributed by atoms with Crippen molar-refractivity contribution in [3.05, 3.63) is 90.2 Å². The van der Waals surface area contributed by atoms with E-state index in [1.165, 1.54) is 0 Å². The Morgan fingerprint density at radius 1 is 0.970 bits per heavy atom. The molecular formula is C25H22N4O3S. The van der Waals surface area contributed by atoms with E-state index >= 15 is 0 Å². The minimum absolute atomic E-state index is 0.516. The topological polar surface area (TPSA) is 79.1 Å². The van der Waals surface area contributed by atoms with Crippen LogP contribution < -0.4 is 4.74 Å². The fourth-order valence-corrected chi connectivity index (χ4v) is 4.41. The van der Waals surface area contributed by atoms with E-state index in [0.717, 1.165) is 45.1 Å². The van der Waals surface area contributed by atoms with Gasteiger partial charge in [-0.1, -0.05) is 42.1 Å². The molecule has 33 heavy (non-hydrogen) atoms. The average Bonchev–Trinajstić information content (AvgIpc) is 3.60. The van der Waals surface area contributed by atoms with Gasteiger partial charge in [0.2, 0.25) is 5.89 Å². The Morgan fingerprint density at radius 3 is 2.61 bits per heavy atom. The molecule has 0 radical (unpaired) electrons. The normalized spacial score (nSPS) is 11.1. The standard InChI is InChI=1S/C25H22N4O3S/c1-17-22(26-24(32-17)18-8-4-3-5-9-18)16-33-25-28-27-23(19-10-6-11-20(14-19)30-2)29(25)15-21-12-7-13-31-21/h3-14H,15-16H2,1-2H3. The molecule has 0 spiro atoms. The Hall–Kier alpha value is -3.78. The molecule has 3 aromatic heterocycles. The first-order valence-electron chi connectivity index (χ1n) is 10.5. The van der Waals surface area contributed by atoms with E-state index in [4.69, 9.17) is 18.6 Å². The maximum Gasteiger partial charge on any atom is 0.226 e. The van der Waals surface area contributed by atoms with Crippen molar-refractivity contribution in [3.8, 4) is 28.6 Å². The van der Waals surface area contributed by atoms with Gasteiger partial charge in [0.1, 0.15) is 17.3 Å². The second-order valence-electron chi connectivity index (χ2n) is 7.38. The Bertz CT molecular complexity index is 1340. The summed E-state index contributed by atoms with van der Waals surface area (Å²) < 4.78 is 18.9. The maximum absolute atomic E-state index is 5.91. The zero-order valence-electron chi connectivity index (χ0n) is 18.3. The van der Waals surface area contributed by atoms with Crippen LogP contribution in [0.5, 0.6) is 5.75 Å². The molecule has 0 aliphatic carbocycles. The zero-order chi connectivity index (χ0) is 22.6. The second-order valence-corrected chi connectivity index (χ2v) is 8.32. The number of aromatic nitrogens is 4. The van der Waals surface area contributed by atoms with E-state index in [2.05, 4.69) is 10.2 Å². The minimum Gasteiger partial charge on any atom is -0.497 e. The van der Waals surface area contributed by atoms with Crippen molar-refractivity contribution < 1.29 is 13.6 Å². The predicted molar refractivity (Wildman–Crippen MR) is 126 cm³/mol. The van der Waals surface area contributed by atoms with Gasteiger partial charge in [0, 0.05) is 16.9 Å². The summed E-state index contributed by atoms with van der Waals surface area (Å²) >= 11 is 1.56. The van der Waals surface area contributed by atoms with Gasteiger partial charge in [0.15, 0.2) is 11.0 Å². The molecule has 0 aliphatic heterocycles. The lowest BCUT2D eigenvalue weighted by Gasteiger charge is -2.09. The van der Waals surface area contributed by atoms with Crippen molar-refractivity contribution in [2.24, 2.45) is 0 Å². The van der Waals surface area contributed by atoms with Crippen LogP contribution in [0.15, 0.2) is 87.0 Å². The first-order valence-corrected chi connectivity index (χ1v) is 11.4. The molecule has 0 saturated heterocycles. The number of hydrogen-bond donors (Lipinski definition) is 0. The number of oxazole rings is 1. The average molecular weight is 459 g/mol. The predicted octanol–water partition coefficient (Wildman–Crippen LogP) is 5.85. The smallest absolute Gasteiger partial charge is 0.226 e. The van der Waals surface area contributed by atoms with Crippen molar-refractivity contribution in [2.75, 3.05) is 7.11 Å². The highest BCUT2D eigenvalue weighted by Crippen LogP contribution is 2.31. The summed E-state index contributed by atoms with van der Waals surface area (Å²) in [5.41, 5.74) is 2.76. The molecule has 5 rings (SSSR count). The van der Waals surface area contributed by atoms with Crippen LogP contribution in [0.25, 0.3) is 22.8 Å². The number of aryl methyl sites for hydroxylation is 1. The highest BCUT2D eigenvalue weighted by atomic mass is 32.2. The summed E-state index contributed by atoms with van der Waals surface area (Å²) in [6.07, 6.45) is 1.67. The second kappa shape index (κ2) is 9.38. The molecule has 0 atom stereocenters. The van der Waals surface area contributed by atoms with Gasteiger partial charge in [0.25, 0.3) is 0 Å². The lowest BCUT2D eigenvalue weighted by molar-refractivity contribution is 0.415. The fourth-order valence-electron chi connectivity index (χ4n) is 3.47. The molecule has 3 heterocycles. The SMILES string of the molecule is COc1cccc(-c2nnc(SCc3nc(-c4ccccc4)oc3C)n2Cc2ccco2)c1. The number of thioether (sulfide) groups is 1.